The summed E-state index contributed by atoms with van der Waals surface area (Å²) in [5, 5.41) is 0. The second kappa shape index (κ2) is 8.97. The van der Waals surface area contributed by atoms with Gasteiger partial charge in [0.15, 0.2) is 0 Å². The quantitative estimate of drug-likeness (QED) is 0.790. The second-order valence-corrected chi connectivity index (χ2v) is 5.73. The number of halogens is 1. The van der Waals surface area contributed by atoms with Crippen molar-refractivity contribution in [2.24, 2.45) is 5.73 Å². The zero-order valence-corrected chi connectivity index (χ0v) is 13.7. The van der Waals surface area contributed by atoms with Crippen molar-refractivity contribution in [2.45, 2.75) is 32.2 Å². The molecule has 0 saturated carbocycles. The molecular weight excluding hydrogens is 320 g/mol. The van der Waals surface area contributed by atoms with Gasteiger partial charge in [-0.25, -0.2) is 0 Å². The minimum absolute atomic E-state index is 0.0159. The number of hydrogen-bond acceptors (Lipinski definition) is 3. The molecular formula is C15H23BrN2O2. The van der Waals surface area contributed by atoms with E-state index < -0.39 is 6.04 Å². The third kappa shape index (κ3) is 5.92. The van der Waals surface area contributed by atoms with Gasteiger partial charge in [0.05, 0.1) is 12.6 Å². The highest BCUT2D eigenvalue weighted by Gasteiger charge is 2.17. The van der Waals surface area contributed by atoms with Crippen molar-refractivity contribution in [2.75, 3.05) is 20.2 Å². The van der Waals surface area contributed by atoms with Gasteiger partial charge in [-0.1, -0.05) is 35.7 Å². The Kier molecular flexibility index (Phi) is 7.62. The summed E-state index contributed by atoms with van der Waals surface area (Å²) in [6.07, 6.45) is 2.78. The number of hydrogen-bond donors (Lipinski definition) is 1. The van der Waals surface area contributed by atoms with Crippen LogP contribution in [0.15, 0.2) is 28.7 Å². The Labute approximate surface area is 129 Å². The highest BCUT2D eigenvalue weighted by Crippen LogP contribution is 2.15. The van der Waals surface area contributed by atoms with Gasteiger partial charge in [-0.2, -0.15) is 0 Å². The number of rotatable bonds is 8. The number of carbonyl (C=O) groups excluding carboxylic acids is 1. The Bertz CT molecular complexity index is 409. The van der Waals surface area contributed by atoms with E-state index in [1.165, 1.54) is 0 Å². The maximum absolute atomic E-state index is 12.0. The van der Waals surface area contributed by atoms with Gasteiger partial charge in [0, 0.05) is 11.5 Å². The molecule has 0 bridgehead atoms. The van der Waals surface area contributed by atoms with Gasteiger partial charge < -0.3 is 15.4 Å². The molecule has 112 valence electrons. The van der Waals surface area contributed by atoms with Crippen LogP contribution >= 0.6 is 15.9 Å². The Hall–Kier alpha value is -1.07. The van der Waals surface area contributed by atoms with E-state index in [4.69, 9.17) is 10.5 Å². The number of ether oxygens (including phenoxy) is 1. The van der Waals surface area contributed by atoms with Crippen LogP contribution in [0.1, 0.15) is 26.2 Å². The molecule has 2 N–H and O–H groups in total. The van der Waals surface area contributed by atoms with E-state index >= 15 is 0 Å². The lowest BCUT2D eigenvalue weighted by molar-refractivity contribution is -0.131. The van der Waals surface area contributed by atoms with Crippen LogP contribution in [-0.4, -0.2) is 37.0 Å². The average Bonchev–Trinajstić information content (AvgIpc) is 2.45. The van der Waals surface area contributed by atoms with Crippen LogP contribution in [-0.2, 0) is 4.79 Å². The van der Waals surface area contributed by atoms with Gasteiger partial charge in [0.1, 0.15) is 12.4 Å². The van der Waals surface area contributed by atoms with Gasteiger partial charge in [-0.3, -0.25) is 4.79 Å². The Morgan fingerprint density at radius 1 is 1.40 bits per heavy atom. The van der Waals surface area contributed by atoms with E-state index in [1.807, 2.05) is 24.3 Å². The highest BCUT2D eigenvalue weighted by atomic mass is 79.9. The predicted molar refractivity (Wildman–Crippen MR) is 84.8 cm³/mol. The largest absolute Gasteiger partial charge is 0.492 e. The molecule has 4 nitrogen and oxygen atoms in total. The fourth-order valence-corrected chi connectivity index (χ4v) is 2.04. The topological polar surface area (TPSA) is 55.6 Å². The van der Waals surface area contributed by atoms with Crippen molar-refractivity contribution in [3.63, 3.8) is 0 Å². The number of nitrogens with zero attached hydrogens (tertiary/aromatic N) is 1. The van der Waals surface area contributed by atoms with Crippen LogP contribution < -0.4 is 10.5 Å². The summed E-state index contributed by atoms with van der Waals surface area (Å²) in [5.41, 5.74) is 5.87. The smallest absolute Gasteiger partial charge is 0.239 e. The Balaban J connectivity index is 2.30. The summed E-state index contributed by atoms with van der Waals surface area (Å²) in [7, 11) is 1.76. The molecule has 0 radical (unpaired) electrons. The first kappa shape index (κ1) is 17.0. The van der Waals surface area contributed by atoms with E-state index in [9.17, 15) is 4.79 Å². The molecule has 0 aliphatic carbocycles. The third-order valence-electron chi connectivity index (χ3n) is 3.07. The molecule has 5 heteroatoms. The predicted octanol–water partition coefficient (Wildman–Crippen LogP) is 2.80. The first-order chi connectivity index (χ1) is 9.54. The van der Waals surface area contributed by atoms with Crippen molar-refractivity contribution in [3.05, 3.63) is 28.7 Å². The number of carbonyl (C=O) groups is 1. The Morgan fingerprint density at radius 3 is 2.65 bits per heavy atom. The van der Waals surface area contributed by atoms with Crippen molar-refractivity contribution in [1.29, 1.82) is 0 Å². The molecule has 0 unspecified atom stereocenters. The lowest BCUT2D eigenvalue weighted by Crippen LogP contribution is -2.43. The molecule has 0 saturated heterocycles. The zero-order chi connectivity index (χ0) is 15.0. The van der Waals surface area contributed by atoms with Crippen LogP contribution in [0.4, 0.5) is 0 Å². The summed E-state index contributed by atoms with van der Waals surface area (Å²) in [5.74, 6) is 0.780. The molecule has 0 spiro atoms. The molecule has 0 heterocycles. The third-order valence-corrected chi connectivity index (χ3v) is 3.60. The number of unbranched alkanes of at least 4 members (excludes halogenated alkanes) is 1. The molecule has 1 atom stereocenters. The van der Waals surface area contributed by atoms with Crippen molar-refractivity contribution < 1.29 is 9.53 Å². The zero-order valence-electron chi connectivity index (χ0n) is 12.1. The van der Waals surface area contributed by atoms with Gasteiger partial charge in [0.25, 0.3) is 0 Å². The number of nitrogens with two attached hydrogens (primary N) is 1. The molecule has 0 fully saturated rings. The molecule has 1 aromatic rings. The van der Waals surface area contributed by atoms with E-state index in [-0.39, 0.29) is 5.91 Å². The molecule has 20 heavy (non-hydrogen) atoms. The van der Waals surface area contributed by atoms with Crippen molar-refractivity contribution in [1.82, 2.24) is 4.90 Å². The first-order valence-corrected chi connectivity index (χ1v) is 7.72. The van der Waals surface area contributed by atoms with Crippen molar-refractivity contribution >= 4 is 21.8 Å². The van der Waals surface area contributed by atoms with Gasteiger partial charge in [-0.05, 0) is 30.7 Å². The molecule has 0 aliphatic rings. The van der Waals surface area contributed by atoms with Crippen LogP contribution in [0.3, 0.4) is 0 Å². The summed E-state index contributed by atoms with van der Waals surface area (Å²) in [4.78, 5) is 13.6. The monoisotopic (exact) mass is 342 g/mol. The SMILES string of the molecule is CCCC[C@H](N)C(=O)N(C)CCOc1ccc(Br)cc1. The van der Waals surface area contributed by atoms with Crippen LogP contribution in [0.25, 0.3) is 0 Å². The molecule has 1 rings (SSSR count). The summed E-state index contributed by atoms with van der Waals surface area (Å²) >= 11 is 3.37. The van der Waals surface area contributed by atoms with Crippen molar-refractivity contribution in [3.8, 4) is 5.75 Å². The van der Waals surface area contributed by atoms with Gasteiger partial charge in [-0.15, -0.1) is 0 Å². The Morgan fingerprint density at radius 2 is 2.05 bits per heavy atom. The molecule has 1 amide bonds. The number of benzene rings is 1. The van der Waals surface area contributed by atoms with E-state index in [2.05, 4.69) is 22.9 Å². The first-order valence-electron chi connectivity index (χ1n) is 6.93. The summed E-state index contributed by atoms with van der Waals surface area (Å²) in [6.45, 7) is 3.09. The van der Waals surface area contributed by atoms with Gasteiger partial charge >= 0.3 is 0 Å². The van der Waals surface area contributed by atoms with Gasteiger partial charge in [0.2, 0.25) is 5.91 Å². The molecule has 0 aliphatic heterocycles. The lowest BCUT2D eigenvalue weighted by atomic mass is 10.1. The van der Waals surface area contributed by atoms with Crippen LogP contribution in [0, 0.1) is 0 Å². The normalized spacial score (nSPS) is 12.0. The maximum Gasteiger partial charge on any atom is 0.239 e. The highest BCUT2D eigenvalue weighted by molar-refractivity contribution is 9.10. The minimum Gasteiger partial charge on any atom is -0.492 e. The second-order valence-electron chi connectivity index (χ2n) is 4.81. The number of likely N-dealkylation sites (N-methyl/N-ethyl adjacent to an activating group) is 1. The lowest BCUT2D eigenvalue weighted by Gasteiger charge is -2.21. The minimum atomic E-state index is -0.396. The summed E-state index contributed by atoms with van der Waals surface area (Å²) < 4.78 is 6.60. The van der Waals surface area contributed by atoms with E-state index in [0.29, 0.717) is 13.2 Å². The van der Waals surface area contributed by atoms with Crippen LogP contribution in [0.5, 0.6) is 5.75 Å². The number of amides is 1. The standard InChI is InChI=1S/C15H23BrN2O2/c1-3-4-5-14(17)15(19)18(2)10-11-20-13-8-6-12(16)7-9-13/h6-9,14H,3-5,10-11,17H2,1-2H3/t14-/m0/s1. The average molecular weight is 343 g/mol. The summed E-state index contributed by atoms with van der Waals surface area (Å²) in [6, 6.07) is 7.22. The van der Waals surface area contributed by atoms with Crippen LogP contribution in [0.2, 0.25) is 0 Å². The molecule has 0 aromatic heterocycles. The fraction of sp³-hybridized carbons (Fsp3) is 0.533. The maximum atomic E-state index is 12.0. The molecule has 1 aromatic carbocycles. The fourth-order valence-electron chi connectivity index (χ4n) is 1.77. The van der Waals surface area contributed by atoms with E-state index in [1.54, 1.807) is 11.9 Å². The van der Waals surface area contributed by atoms with E-state index in [0.717, 1.165) is 29.5 Å².